The normalized spacial score (nSPS) is 29.8. The van der Waals surface area contributed by atoms with Crippen molar-refractivity contribution in [3.8, 4) is 0 Å². The summed E-state index contributed by atoms with van der Waals surface area (Å²) in [6, 6.07) is 0. The van der Waals surface area contributed by atoms with Crippen LogP contribution in [0.5, 0.6) is 0 Å². The van der Waals surface area contributed by atoms with Crippen LogP contribution in [0.1, 0.15) is 0 Å². The number of carboxylic acid groups (broad SMARTS) is 3. The molecule has 0 aromatic carbocycles. The molecule has 1 heterocycles. The van der Waals surface area contributed by atoms with E-state index in [1.165, 1.54) is 0 Å². The molecule has 1 aliphatic rings. The predicted octanol–water partition coefficient (Wildman–Crippen LogP) is -1.26. The molecule has 0 spiro atoms. The first-order valence-electron chi connectivity index (χ1n) is 4.46. The zero-order chi connectivity index (χ0) is 12.5. The second-order valence-corrected chi connectivity index (χ2v) is 3.57. The van der Waals surface area contributed by atoms with Crippen molar-refractivity contribution in [3.63, 3.8) is 0 Å². The number of aliphatic hydroxyl groups is 1. The third-order valence-corrected chi connectivity index (χ3v) is 2.56. The van der Waals surface area contributed by atoms with Gasteiger partial charge in [0.1, 0.15) is 11.8 Å². The van der Waals surface area contributed by atoms with Crippen LogP contribution >= 0.6 is 0 Å². The van der Waals surface area contributed by atoms with Gasteiger partial charge in [-0.1, -0.05) is 0 Å². The largest absolute Gasteiger partial charge is 0.481 e. The third-order valence-electron chi connectivity index (χ3n) is 2.56. The average Bonchev–Trinajstić information content (AvgIpc) is 2.16. The first kappa shape index (κ1) is 12.2. The smallest absolute Gasteiger partial charge is 0.407 e. The Morgan fingerprint density at radius 2 is 1.31 bits per heavy atom. The Bertz CT molecular complexity index is 304. The lowest BCUT2D eigenvalue weighted by atomic mass is 9.86. The van der Waals surface area contributed by atoms with Gasteiger partial charge in [-0.25, -0.2) is 4.79 Å². The highest BCUT2D eigenvalue weighted by Gasteiger charge is 2.44. The SMILES string of the molecule is O=C(O)[C@H]1CN(C(=O)O)C[C@@H](C(=O)O)C1O. The molecule has 0 saturated carbocycles. The van der Waals surface area contributed by atoms with Crippen molar-refractivity contribution in [2.24, 2.45) is 11.8 Å². The molecule has 0 radical (unpaired) electrons. The maximum Gasteiger partial charge on any atom is 0.407 e. The fraction of sp³-hybridized carbons (Fsp3) is 0.625. The highest BCUT2D eigenvalue weighted by Crippen LogP contribution is 2.23. The van der Waals surface area contributed by atoms with Gasteiger partial charge >= 0.3 is 18.0 Å². The minimum Gasteiger partial charge on any atom is -0.481 e. The molecular weight excluding hydrogens is 222 g/mol. The molecule has 0 aromatic rings. The lowest BCUT2D eigenvalue weighted by Crippen LogP contribution is -2.55. The zero-order valence-corrected chi connectivity index (χ0v) is 8.11. The number of carboxylic acids is 2. The summed E-state index contributed by atoms with van der Waals surface area (Å²) in [5, 5.41) is 35.6. The monoisotopic (exact) mass is 233 g/mol. The maximum absolute atomic E-state index is 10.7. The summed E-state index contributed by atoms with van der Waals surface area (Å²) in [6.07, 6.45) is -2.98. The molecule has 0 aromatic heterocycles. The van der Waals surface area contributed by atoms with Gasteiger partial charge in [0, 0.05) is 13.1 Å². The predicted molar refractivity (Wildman–Crippen MR) is 47.9 cm³/mol. The molecule has 1 fully saturated rings. The summed E-state index contributed by atoms with van der Waals surface area (Å²) in [5.74, 6) is -5.65. The first-order valence-corrected chi connectivity index (χ1v) is 4.46. The van der Waals surface area contributed by atoms with Gasteiger partial charge in [0.2, 0.25) is 0 Å². The molecule has 90 valence electrons. The molecule has 8 heteroatoms. The number of rotatable bonds is 2. The minimum absolute atomic E-state index is 0.407. The molecule has 8 nitrogen and oxygen atoms in total. The Labute approximate surface area is 89.7 Å². The van der Waals surface area contributed by atoms with Gasteiger partial charge in [-0.05, 0) is 0 Å². The lowest BCUT2D eigenvalue weighted by molar-refractivity contribution is -0.159. The van der Waals surface area contributed by atoms with E-state index in [-0.39, 0.29) is 0 Å². The van der Waals surface area contributed by atoms with Crippen molar-refractivity contribution in [2.75, 3.05) is 13.1 Å². The van der Waals surface area contributed by atoms with Crippen LogP contribution in [0.25, 0.3) is 0 Å². The van der Waals surface area contributed by atoms with Crippen LogP contribution in [0.15, 0.2) is 0 Å². The molecule has 3 atom stereocenters. The highest BCUT2D eigenvalue weighted by molar-refractivity contribution is 5.78. The number of aliphatic carboxylic acids is 2. The van der Waals surface area contributed by atoms with Crippen molar-refractivity contribution in [3.05, 3.63) is 0 Å². The van der Waals surface area contributed by atoms with Gasteiger partial charge in [0.25, 0.3) is 0 Å². The summed E-state index contributed by atoms with van der Waals surface area (Å²) in [6.45, 7) is -0.814. The van der Waals surface area contributed by atoms with Crippen molar-refractivity contribution < 1.29 is 34.8 Å². The molecule has 1 aliphatic heterocycles. The summed E-state index contributed by atoms with van der Waals surface area (Å²) >= 11 is 0. The number of amides is 1. The number of aliphatic hydroxyl groups excluding tert-OH is 1. The molecule has 1 amide bonds. The fourth-order valence-corrected chi connectivity index (χ4v) is 1.65. The van der Waals surface area contributed by atoms with E-state index < -0.39 is 49.1 Å². The highest BCUT2D eigenvalue weighted by atomic mass is 16.4. The summed E-state index contributed by atoms with van der Waals surface area (Å²) < 4.78 is 0. The molecule has 4 N–H and O–H groups in total. The van der Waals surface area contributed by atoms with E-state index in [2.05, 4.69) is 0 Å². The Kier molecular flexibility index (Phi) is 3.33. The van der Waals surface area contributed by atoms with Crippen LogP contribution in [0.4, 0.5) is 4.79 Å². The minimum atomic E-state index is -1.58. The van der Waals surface area contributed by atoms with Gasteiger partial charge in [0.05, 0.1) is 6.10 Å². The maximum atomic E-state index is 10.7. The van der Waals surface area contributed by atoms with E-state index in [0.717, 1.165) is 0 Å². The van der Waals surface area contributed by atoms with Crippen LogP contribution in [0.2, 0.25) is 0 Å². The Morgan fingerprint density at radius 3 is 1.56 bits per heavy atom. The van der Waals surface area contributed by atoms with E-state index in [0.29, 0.717) is 4.90 Å². The molecule has 0 aliphatic carbocycles. The second-order valence-electron chi connectivity index (χ2n) is 3.57. The second kappa shape index (κ2) is 4.35. The van der Waals surface area contributed by atoms with E-state index in [1.54, 1.807) is 0 Å². The topological polar surface area (TPSA) is 135 Å². The van der Waals surface area contributed by atoms with E-state index in [4.69, 9.17) is 15.3 Å². The van der Waals surface area contributed by atoms with E-state index in [1.807, 2.05) is 0 Å². The first-order chi connectivity index (χ1) is 7.34. The number of likely N-dealkylation sites (tertiary alicyclic amines) is 1. The molecule has 1 unspecified atom stereocenters. The summed E-state index contributed by atoms with van der Waals surface area (Å²) in [5.41, 5.74) is 0. The van der Waals surface area contributed by atoms with Gasteiger partial charge in [-0.2, -0.15) is 0 Å². The lowest BCUT2D eigenvalue weighted by Gasteiger charge is -2.36. The fourth-order valence-electron chi connectivity index (χ4n) is 1.65. The van der Waals surface area contributed by atoms with Gasteiger partial charge in [0.15, 0.2) is 0 Å². The molecule has 0 bridgehead atoms. The van der Waals surface area contributed by atoms with Crippen LogP contribution in [0.3, 0.4) is 0 Å². The van der Waals surface area contributed by atoms with Crippen LogP contribution in [0, 0.1) is 11.8 Å². The van der Waals surface area contributed by atoms with E-state index in [9.17, 15) is 19.5 Å². The molecule has 1 rings (SSSR count). The number of nitrogens with zero attached hydrogens (tertiary/aromatic N) is 1. The third kappa shape index (κ3) is 2.22. The van der Waals surface area contributed by atoms with Crippen molar-refractivity contribution >= 4 is 18.0 Å². The number of hydrogen-bond donors (Lipinski definition) is 4. The van der Waals surface area contributed by atoms with Crippen LogP contribution in [-0.4, -0.2) is 62.6 Å². The number of hydrogen-bond acceptors (Lipinski definition) is 4. The van der Waals surface area contributed by atoms with Crippen molar-refractivity contribution in [1.29, 1.82) is 0 Å². The molecule has 16 heavy (non-hydrogen) atoms. The van der Waals surface area contributed by atoms with Gasteiger partial charge in [-0.3, -0.25) is 9.59 Å². The average molecular weight is 233 g/mol. The summed E-state index contributed by atoms with van der Waals surface area (Å²) in [4.78, 5) is 32.8. The molecule has 1 saturated heterocycles. The molecular formula is C8H11NO7. The summed E-state index contributed by atoms with van der Waals surface area (Å²) in [7, 11) is 0. The number of piperidine rings is 1. The Balaban J connectivity index is 2.92. The quantitative estimate of drug-likeness (QED) is 0.467. The number of carbonyl (C=O) groups is 3. The van der Waals surface area contributed by atoms with Crippen molar-refractivity contribution in [1.82, 2.24) is 4.90 Å². The van der Waals surface area contributed by atoms with Crippen molar-refractivity contribution in [2.45, 2.75) is 6.10 Å². The van der Waals surface area contributed by atoms with Crippen LogP contribution in [-0.2, 0) is 9.59 Å². The van der Waals surface area contributed by atoms with Gasteiger partial charge < -0.3 is 25.3 Å². The van der Waals surface area contributed by atoms with E-state index >= 15 is 0 Å². The van der Waals surface area contributed by atoms with Crippen LogP contribution < -0.4 is 0 Å². The zero-order valence-electron chi connectivity index (χ0n) is 8.11. The standard InChI is InChI=1S/C8H11NO7/c10-5-3(6(11)12)1-9(8(15)16)2-4(5)7(13)14/h3-5,10H,1-2H2,(H,11,12)(H,13,14)(H,15,16)/t3-,4+,5?. The Morgan fingerprint density at radius 1 is 0.938 bits per heavy atom. The van der Waals surface area contributed by atoms with Gasteiger partial charge in [-0.15, -0.1) is 0 Å². The Hall–Kier alpha value is -1.83.